The standard InChI is InChI=1S/C18H25N3O3S/c22-17(20-7-9-24-10-8-20)14-12-19-5-6-21(14)18(23)16-11-13-3-1-2-4-15(13)25-16/h11,14,19H,1-10,12H2. The maximum absolute atomic E-state index is 13.1. The van der Waals surface area contributed by atoms with Crippen LogP contribution < -0.4 is 5.32 Å². The van der Waals surface area contributed by atoms with Gasteiger partial charge in [-0.2, -0.15) is 0 Å². The number of morpholine rings is 1. The number of piperazine rings is 1. The highest BCUT2D eigenvalue weighted by molar-refractivity contribution is 7.14. The van der Waals surface area contributed by atoms with Crippen LogP contribution in [-0.2, 0) is 22.4 Å². The van der Waals surface area contributed by atoms with Crippen LogP contribution in [0.25, 0.3) is 0 Å². The number of fused-ring (bicyclic) bond motifs is 1. The van der Waals surface area contributed by atoms with E-state index in [9.17, 15) is 9.59 Å². The van der Waals surface area contributed by atoms with E-state index in [0.717, 1.165) is 24.3 Å². The molecule has 2 saturated heterocycles. The molecule has 3 aliphatic rings. The Labute approximate surface area is 152 Å². The molecule has 1 unspecified atom stereocenters. The van der Waals surface area contributed by atoms with Gasteiger partial charge in [0.15, 0.2) is 0 Å². The van der Waals surface area contributed by atoms with Gasteiger partial charge in [-0.25, -0.2) is 0 Å². The Kier molecular flexibility index (Phi) is 5.05. The van der Waals surface area contributed by atoms with Crippen LogP contribution in [0.5, 0.6) is 0 Å². The average Bonchev–Trinajstić information content (AvgIpc) is 3.12. The summed E-state index contributed by atoms with van der Waals surface area (Å²) in [7, 11) is 0. The first-order chi connectivity index (χ1) is 12.2. The summed E-state index contributed by atoms with van der Waals surface area (Å²) >= 11 is 1.63. The minimum absolute atomic E-state index is 0.0208. The van der Waals surface area contributed by atoms with Gasteiger partial charge in [0.1, 0.15) is 6.04 Å². The molecule has 7 heteroatoms. The lowest BCUT2D eigenvalue weighted by Gasteiger charge is -2.38. The first kappa shape index (κ1) is 17.0. The fourth-order valence-electron chi connectivity index (χ4n) is 3.90. The number of ether oxygens (including phenoxy) is 1. The van der Waals surface area contributed by atoms with Gasteiger partial charge in [0, 0.05) is 37.6 Å². The molecule has 1 N–H and O–H groups in total. The van der Waals surface area contributed by atoms with E-state index in [4.69, 9.17) is 4.74 Å². The number of aryl methyl sites for hydroxylation is 2. The van der Waals surface area contributed by atoms with E-state index in [1.807, 2.05) is 4.90 Å². The van der Waals surface area contributed by atoms with Crippen molar-refractivity contribution in [2.75, 3.05) is 45.9 Å². The lowest BCUT2D eigenvalue weighted by atomic mass is 9.99. The second-order valence-electron chi connectivity index (χ2n) is 6.92. The van der Waals surface area contributed by atoms with Crippen LogP contribution in [-0.4, -0.2) is 73.6 Å². The first-order valence-electron chi connectivity index (χ1n) is 9.24. The van der Waals surface area contributed by atoms with Gasteiger partial charge in [-0.05, 0) is 37.3 Å². The molecule has 1 aromatic heterocycles. The lowest BCUT2D eigenvalue weighted by molar-refractivity contribution is -0.140. The SMILES string of the molecule is O=C(C1CNCCN1C(=O)c1cc2c(s1)CCCC2)N1CCOCC1. The molecule has 0 bridgehead atoms. The van der Waals surface area contributed by atoms with Gasteiger partial charge in [-0.15, -0.1) is 11.3 Å². The maximum atomic E-state index is 13.1. The summed E-state index contributed by atoms with van der Waals surface area (Å²) in [6.45, 7) is 4.25. The van der Waals surface area contributed by atoms with Crippen LogP contribution in [0.2, 0.25) is 0 Å². The van der Waals surface area contributed by atoms with E-state index in [-0.39, 0.29) is 11.8 Å². The normalized spacial score (nSPS) is 24.1. The Balaban J connectivity index is 1.52. The summed E-state index contributed by atoms with van der Waals surface area (Å²) in [5.41, 5.74) is 1.34. The molecule has 6 nitrogen and oxygen atoms in total. The summed E-state index contributed by atoms with van der Waals surface area (Å²) < 4.78 is 5.34. The summed E-state index contributed by atoms with van der Waals surface area (Å²) in [6.07, 6.45) is 4.60. The van der Waals surface area contributed by atoms with Crippen LogP contribution in [0.3, 0.4) is 0 Å². The lowest BCUT2D eigenvalue weighted by Crippen LogP contribution is -2.61. The third-order valence-corrected chi connectivity index (χ3v) is 6.54. The fraction of sp³-hybridized carbons (Fsp3) is 0.667. The predicted molar refractivity (Wildman–Crippen MR) is 96.1 cm³/mol. The van der Waals surface area contributed by atoms with Crippen molar-refractivity contribution in [2.45, 2.75) is 31.7 Å². The Morgan fingerprint density at radius 3 is 2.76 bits per heavy atom. The minimum atomic E-state index is -0.404. The zero-order valence-corrected chi connectivity index (χ0v) is 15.3. The largest absolute Gasteiger partial charge is 0.378 e. The van der Waals surface area contributed by atoms with Crippen molar-refractivity contribution >= 4 is 23.2 Å². The van der Waals surface area contributed by atoms with Crippen LogP contribution in [0, 0.1) is 0 Å². The highest BCUT2D eigenvalue weighted by Gasteiger charge is 2.36. The van der Waals surface area contributed by atoms with Crippen molar-refractivity contribution in [2.24, 2.45) is 0 Å². The molecule has 1 aliphatic carbocycles. The number of nitrogens with one attached hydrogen (secondary N) is 1. The molecule has 0 saturated carbocycles. The van der Waals surface area contributed by atoms with E-state index in [1.54, 1.807) is 16.2 Å². The number of hydrogen-bond acceptors (Lipinski definition) is 5. The van der Waals surface area contributed by atoms with Gasteiger partial charge < -0.3 is 19.9 Å². The molecule has 3 heterocycles. The summed E-state index contributed by atoms with van der Waals surface area (Å²) in [5, 5.41) is 3.27. The maximum Gasteiger partial charge on any atom is 0.264 e. The zero-order valence-electron chi connectivity index (χ0n) is 14.5. The van der Waals surface area contributed by atoms with Gasteiger partial charge in [0.05, 0.1) is 18.1 Å². The molecule has 0 radical (unpaired) electrons. The predicted octanol–water partition coefficient (Wildman–Crippen LogP) is 0.900. The van der Waals surface area contributed by atoms with Gasteiger partial charge in [0.25, 0.3) is 5.91 Å². The van der Waals surface area contributed by atoms with E-state index in [2.05, 4.69) is 11.4 Å². The quantitative estimate of drug-likeness (QED) is 0.848. The summed E-state index contributed by atoms with van der Waals surface area (Å²) in [6, 6.07) is 1.67. The molecule has 2 amide bonds. The molecule has 136 valence electrons. The Hall–Kier alpha value is -1.44. The molecule has 2 aliphatic heterocycles. The van der Waals surface area contributed by atoms with Crippen molar-refractivity contribution in [1.82, 2.24) is 15.1 Å². The molecule has 0 aromatic carbocycles. The van der Waals surface area contributed by atoms with Crippen LogP contribution >= 0.6 is 11.3 Å². The van der Waals surface area contributed by atoms with Crippen LogP contribution in [0.1, 0.15) is 33.0 Å². The molecular weight excluding hydrogens is 338 g/mol. The Morgan fingerprint density at radius 2 is 1.96 bits per heavy atom. The highest BCUT2D eigenvalue weighted by Crippen LogP contribution is 2.31. The molecule has 2 fully saturated rings. The first-order valence-corrected chi connectivity index (χ1v) is 10.1. The van der Waals surface area contributed by atoms with Crippen molar-refractivity contribution in [3.8, 4) is 0 Å². The van der Waals surface area contributed by atoms with E-state index >= 15 is 0 Å². The molecule has 4 rings (SSSR count). The minimum Gasteiger partial charge on any atom is -0.378 e. The number of nitrogens with zero attached hydrogens (tertiary/aromatic N) is 2. The van der Waals surface area contributed by atoms with E-state index in [1.165, 1.54) is 23.3 Å². The second-order valence-corrected chi connectivity index (χ2v) is 8.06. The molecule has 25 heavy (non-hydrogen) atoms. The van der Waals surface area contributed by atoms with E-state index in [0.29, 0.717) is 39.4 Å². The second kappa shape index (κ2) is 7.43. The molecule has 1 aromatic rings. The van der Waals surface area contributed by atoms with Gasteiger partial charge >= 0.3 is 0 Å². The Bertz CT molecular complexity index is 630. The number of carbonyl (C=O) groups excluding carboxylic acids is 2. The van der Waals surface area contributed by atoms with Crippen molar-refractivity contribution < 1.29 is 14.3 Å². The highest BCUT2D eigenvalue weighted by atomic mass is 32.1. The number of thiophene rings is 1. The number of amides is 2. The summed E-state index contributed by atoms with van der Waals surface area (Å²) in [4.78, 5) is 31.8. The van der Waals surface area contributed by atoms with Gasteiger partial charge in [0.2, 0.25) is 5.91 Å². The molecular formula is C18H25N3O3S. The third kappa shape index (κ3) is 3.45. The molecule has 0 spiro atoms. The Morgan fingerprint density at radius 1 is 1.16 bits per heavy atom. The van der Waals surface area contributed by atoms with Crippen molar-refractivity contribution in [1.29, 1.82) is 0 Å². The molecule has 1 atom stereocenters. The fourth-order valence-corrected chi connectivity index (χ4v) is 5.11. The zero-order chi connectivity index (χ0) is 17.2. The van der Waals surface area contributed by atoms with Gasteiger partial charge in [-0.1, -0.05) is 0 Å². The smallest absolute Gasteiger partial charge is 0.264 e. The number of rotatable bonds is 2. The van der Waals surface area contributed by atoms with Crippen molar-refractivity contribution in [3.63, 3.8) is 0 Å². The average molecular weight is 363 g/mol. The summed E-state index contributed by atoms with van der Waals surface area (Å²) in [5.74, 6) is 0.0673. The van der Waals surface area contributed by atoms with Crippen molar-refractivity contribution in [3.05, 3.63) is 21.4 Å². The number of carbonyl (C=O) groups is 2. The van der Waals surface area contributed by atoms with Crippen LogP contribution in [0.15, 0.2) is 6.07 Å². The number of hydrogen-bond donors (Lipinski definition) is 1. The van der Waals surface area contributed by atoms with E-state index < -0.39 is 6.04 Å². The third-order valence-electron chi connectivity index (χ3n) is 5.32. The van der Waals surface area contributed by atoms with Crippen LogP contribution in [0.4, 0.5) is 0 Å². The van der Waals surface area contributed by atoms with Gasteiger partial charge in [-0.3, -0.25) is 9.59 Å². The topological polar surface area (TPSA) is 61.9 Å². The monoisotopic (exact) mass is 363 g/mol.